The second-order valence-electron chi connectivity index (χ2n) is 6.61. The molecule has 3 heteroatoms. The van der Waals surface area contributed by atoms with Gasteiger partial charge in [0, 0.05) is 17.5 Å². The van der Waals surface area contributed by atoms with E-state index < -0.39 is 0 Å². The van der Waals surface area contributed by atoms with Gasteiger partial charge in [-0.15, -0.1) is 0 Å². The van der Waals surface area contributed by atoms with Gasteiger partial charge >= 0.3 is 0 Å². The van der Waals surface area contributed by atoms with Crippen LogP contribution in [0, 0.1) is 0 Å². The molecule has 4 rings (SSSR count). The highest BCUT2D eigenvalue weighted by Gasteiger charge is 2.12. The monoisotopic (exact) mass is 357 g/mol. The zero-order valence-electron chi connectivity index (χ0n) is 15.4. The molecule has 0 unspecified atom stereocenters. The summed E-state index contributed by atoms with van der Waals surface area (Å²) in [6, 6.07) is 27.0. The van der Waals surface area contributed by atoms with E-state index in [1.807, 2.05) is 24.3 Å². The van der Waals surface area contributed by atoms with Crippen molar-refractivity contribution >= 4 is 11.0 Å². The van der Waals surface area contributed by atoms with E-state index in [4.69, 9.17) is 9.15 Å². The Balaban J connectivity index is 1.50. The van der Waals surface area contributed by atoms with Crippen molar-refractivity contribution in [2.75, 3.05) is 13.7 Å². The highest BCUT2D eigenvalue weighted by atomic mass is 16.5. The molecular formula is C24H23NO2. The van der Waals surface area contributed by atoms with Gasteiger partial charge in [-0.3, -0.25) is 0 Å². The second-order valence-corrected chi connectivity index (χ2v) is 6.61. The smallest absolute Gasteiger partial charge is 0.176 e. The minimum Gasteiger partial charge on any atom is -0.493 e. The highest BCUT2D eigenvalue weighted by molar-refractivity contribution is 5.88. The predicted molar refractivity (Wildman–Crippen MR) is 110 cm³/mol. The normalized spacial score (nSPS) is 11.0. The third-order valence-electron chi connectivity index (χ3n) is 4.68. The van der Waals surface area contributed by atoms with E-state index >= 15 is 0 Å². The maximum atomic E-state index is 6.07. The van der Waals surface area contributed by atoms with Crippen molar-refractivity contribution in [1.29, 1.82) is 0 Å². The molecule has 0 saturated heterocycles. The van der Waals surface area contributed by atoms with Crippen molar-refractivity contribution in [3.63, 3.8) is 0 Å². The first kappa shape index (κ1) is 17.4. The van der Waals surface area contributed by atoms with E-state index in [0.717, 1.165) is 47.6 Å². The summed E-state index contributed by atoms with van der Waals surface area (Å²) in [7, 11) is 1.69. The molecule has 0 radical (unpaired) electrons. The summed E-state index contributed by atoms with van der Waals surface area (Å²) in [5, 5.41) is 4.58. The molecule has 1 N–H and O–H groups in total. The maximum Gasteiger partial charge on any atom is 0.176 e. The van der Waals surface area contributed by atoms with E-state index in [1.54, 1.807) is 7.11 Å². The van der Waals surface area contributed by atoms with Crippen LogP contribution in [0.25, 0.3) is 22.3 Å². The summed E-state index contributed by atoms with van der Waals surface area (Å²) in [6.07, 6.45) is 1.02. The van der Waals surface area contributed by atoms with Crippen LogP contribution in [0.5, 0.6) is 5.75 Å². The van der Waals surface area contributed by atoms with Gasteiger partial charge in [-0.2, -0.15) is 0 Å². The predicted octanol–water partition coefficient (Wildman–Crippen LogP) is 5.44. The maximum absolute atomic E-state index is 6.07. The fourth-order valence-corrected chi connectivity index (χ4v) is 3.29. The number of rotatable bonds is 7. The van der Waals surface area contributed by atoms with Crippen LogP contribution in [-0.4, -0.2) is 13.7 Å². The van der Waals surface area contributed by atoms with Gasteiger partial charge in [0.1, 0.15) is 5.76 Å². The summed E-state index contributed by atoms with van der Waals surface area (Å²) < 4.78 is 11.6. The Hall–Kier alpha value is -3.04. The summed E-state index contributed by atoms with van der Waals surface area (Å²) in [6.45, 7) is 1.73. The molecule has 0 amide bonds. The van der Waals surface area contributed by atoms with Crippen LogP contribution in [0.4, 0.5) is 0 Å². The lowest BCUT2D eigenvalue weighted by molar-refractivity contribution is 0.410. The van der Waals surface area contributed by atoms with Crippen molar-refractivity contribution in [1.82, 2.24) is 5.32 Å². The molecule has 0 aliphatic carbocycles. The summed E-state index contributed by atoms with van der Waals surface area (Å²) in [4.78, 5) is 0. The Morgan fingerprint density at radius 3 is 2.33 bits per heavy atom. The molecular weight excluding hydrogens is 334 g/mol. The van der Waals surface area contributed by atoms with Crippen LogP contribution in [0.15, 0.2) is 83.3 Å². The van der Waals surface area contributed by atoms with Crippen molar-refractivity contribution < 1.29 is 9.15 Å². The van der Waals surface area contributed by atoms with Gasteiger partial charge in [0.05, 0.1) is 7.11 Å². The fourth-order valence-electron chi connectivity index (χ4n) is 3.29. The van der Waals surface area contributed by atoms with Crippen molar-refractivity contribution in [3.8, 4) is 17.1 Å². The SMILES string of the molecule is COc1cc(CNCCc2ccccc2)cc2cc(-c3ccccc3)oc12. The number of nitrogens with one attached hydrogen (secondary N) is 1. The molecule has 3 aromatic carbocycles. The molecule has 0 fully saturated rings. The average Bonchev–Trinajstić information content (AvgIpc) is 3.16. The summed E-state index contributed by atoms with van der Waals surface area (Å²) in [5.41, 5.74) is 4.40. The molecule has 3 nitrogen and oxygen atoms in total. The molecule has 27 heavy (non-hydrogen) atoms. The molecule has 136 valence electrons. The van der Waals surface area contributed by atoms with Gasteiger partial charge in [0.2, 0.25) is 0 Å². The first-order valence-electron chi connectivity index (χ1n) is 9.24. The third-order valence-corrected chi connectivity index (χ3v) is 4.68. The molecule has 1 aromatic heterocycles. The molecule has 1 heterocycles. The van der Waals surface area contributed by atoms with Gasteiger partial charge in [0.15, 0.2) is 11.3 Å². The zero-order chi connectivity index (χ0) is 18.5. The second kappa shape index (κ2) is 8.11. The molecule has 0 atom stereocenters. The van der Waals surface area contributed by atoms with Gasteiger partial charge in [0.25, 0.3) is 0 Å². The lowest BCUT2D eigenvalue weighted by Crippen LogP contribution is -2.16. The van der Waals surface area contributed by atoms with Crippen molar-refractivity contribution in [3.05, 3.63) is 90.0 Å². The number of furan rings is 1. The Morgan fingerprint density at radius 2 is 1.59 bits per heavy atom. The zero-order valence-corrected chi connectivity index (χ0v) is 15.4. The molecule has 0 bridgehead atoms. The van der Waals surface area contributed by atoms with Crippen LogP contribution >= 0.6 is 0 Å². The first-order valence-corrected chi connectivity index (χ1v) is 9.24. The Bertz CT molecular complexity index is 1010. The lowest BCUT2D eigenvalue weighted by Gasteiger charge is -2.08. The van der Waals surface area contributed by atoms with Gasteiger partial charge < -0.3 is 14.5 Å². The number of hydrogen-bond acceptors (Lipinski definition) is 3. The van der Waals surface area contributed by atoms with Gasteiger partial charge in [-0.1, -0.05) is 60.7 Å². The van der Waals surface area contributed by atoms with E-state index in [1.165, 1.54) is 11.1 Å². The number of benzene rings is 3. The topological polar surface area (TPSA) is 34.4 Å². The third kappa shape index (κ3) is 4.04. The highest BCUT2D eigenvalue weighted by Crippen LogP contribution is 2.34. The van der Waals surface area contributed by atoms with E-state index in [9.17, 15) is 0 Å². The lowest BCUT2D eigenvalue weighted by atomic mass is 10.1. The van der Waals surface area contributed by atoms with Crippen LogP contribution in [0.3, 0.4) is 0 Å². The fraction of sp³-hybridized carbons (Fsp3) is 0.167. The molecule has 0 saturated carbocycles. The number of hydrogen-bond donors (Lipinski definition) is 1. The number of ether oxygens (including phenoxy) is 1. The van der Waals surface area contributed by atoms with Gasteiger partial charge in [-0.25, -0.2) is 0 Å². The minimum atomic E-state index is 0.773. The molecule has 4 aromatic rings. The van der Waals surface area contributed by atoms with E-state index in [0.29, 0.717) is 0 Å². The summed E-state index contributed by atoms with van der Waals surface area (Å²) >= 11 is 0. The number of fused-ring (bicyclic) bond motifs is 1. The number of methoxy groups -OCH3 is 1. The Labute approximate surface area is 159 Å². The quantitative estimate of drug-likeness (QED) is 0.447. The van der Waals surface area contributed by atoms with E-state index in [2.05, 4.69) is 59.9 Å². The first-order chi connectivity index (χ1) is 13.3. The van der Waals surface area contributed by atoms with Crippen molar-refractivity contribution in [2.45, 2.75) is 13.0 Å². The van der Waals surface area contributed by atoms with Crippen LogP contribution in [0.2, 0.25) is 0 Å². The average molecular weight is 357 g/mol. The van der Waals surface area contributed by atoms with Crippen LogP contribution < -0.4 is 10.1 Å². The molecule has 0 spiro atoms. The Morgan fingerprint density at radius 1 is 0.852 bits per heavy atom. The van der Waals surface area contributed by atoms with Crippen molar-refractivity contribution in [2.24, 2.45) is 0 Å². The molecule has 0 aliphatic heterocycles. The largest absolute Gasteiger partial charge is 0.493 e. The summed E-state index contributed by atoms with van der Waals surface area (Å²) in [5.74, 6) is 1.63. The van der Waals surface area contributed by atoms with Crippen LogP contribution in [-0.2, 0) is 13.0 Å². The molecule has 0 aliphatic rings. The van der Waals surface area contributed by atoms with Crippen LogP contribution in [0.1, 0.15) is 11.1 Å². The Kier molecular flexibility index (Phi) is 5.22. The van der Waals surface area contributed by atoms with E-state index in [-0.39, 0.29) is 0 Å². The minimum absolute atomic E-state index is 0.773. The van der Waals surface area contributed by atoms with Gasteiger partial charge in [-0.05, 0) is 42.3 Å². The standard InChI is InChI=1S/C24H23NO2/c1-26-23-15-19(17-25-13-12-18-8-4-2-5-9-18)14-21-16-22(27-24(21)23)20-10-6-3-7-11-20/h2-11,14-16,25H,12-13,17H2,1H3.